The van der Waals surface area contributed by atoms with Gasteiger partial charge in [-0.1, -0.05) is 18.0 Å². The maximum Gasteiger partial charge on any atom is 0.148 e. The van der Waals surface area contributed by atoms with Gasteiger partial charge in [-0.3, -0.25) is 0 Å². The van der Waals surface area contributed by atoms with E-state index in [4.69, 9.17) is 11.6 Å². The maximum atomic E-state index is 9.23. The number of rotatable bonds is 3. The third-order valence-electron chi connectivity index (χ3n) is 2.96. The summed E-state index contributed by atoms with van der Waals surface area (Å²) >= 11 is 9.23. The predicted octanol–water partition coefficient (Wildman–Crippen LogP) is 2.47. The van der Waals surface area contributed by atoms with Crippen molar-refractivity contribution in [1.29, 1.82) is 0 Å². The summed E-state index contributed by atoms with van der Waals surface area (Å²) in [6, 6.07) is 0.271. The summed E-state index contributed by atoms with van der Waals surface area (Å²) < 4.78 is 0.681. The molecule has 2 unspecified atom stereocenters. The zero-order valence-electron chi connectivity index (χ0n) is 8.66. The Balaban J connectivity index is 2.11. The fraction of sp³-hybridized carbons (Fsp3) is 0.600. The van der Waals surface area contributed by atoms with Crippen molar-refractivity contribution in [2.75, 3.05) is 11.9 Å². The van der Waals surface area contributed by atoms with Crippen LogP contribution in [0.2, 0.25) is 5.15 Å². The van der Waals surface area contributed by atoms with E-state index in [0.29, 0.717) is 21.4 Å². The topological polar surface area (TPSA) is 58.0 Å². The quantitative estimate of drug-likeness (QED) is 0.842. The highest BCUT2D eigenvalue weighted by molar-refractivity contribution is 9.10. The van der Waals surface area contributed by atoms with Crippen molar-refractivity contribution < 1.29 is 5.11 Å². The zero-order chi connectivity index (χ0) is 11.5. The molecular weight excluding hydrogens is 293 g/mol. The van der Waals surface area contributed by atoms with Crippen LogP contribution in [0.15, 0.2) is 10.8 Å². The minimum absolute atomic E-state index is 0.216. The third kappa shape index (κ3) is 2.47. The lowest BCUT2D eigenvalue weighted by Crippen LogP contribution is -2.27. The standard InChI is InChI=1S/C10H13BrClN3O/c11-8-9(12)13-5-14-10(8)15-7-3-1-2-6(7)4-16/h5-7,16H,1-4H2,(H,13,14,15). The molecule has 0 aromatic carbocycles. The van der Waals surface area contributed by atoms with Crippen LogP contribution in [-0.2, 0) is 0 Å². The highest BCUT2D eigenvalue weighted by Gasteiger charge is 2.27. The molecule has 0 radical (unpaired) electrons. The van der Waals surface area contributed by atoms with Crippen LogP contribution in [0.3, 0.4) is 0 Å². The summed E-state index contributed by atoms with van der Waals surface area (Å²) in [5.74, 6) is 1.01. The van der Waals surface area contributed by atoms with Crippen LogP contribution < -0.4 is 5.32 Å². The smallest absolute Gasteiger partial charge is 0.148 e. The highest BCUT2D eigenvalue weighted by atomic mass is 79.9. The first-order chi connectivity index (χ1) is 7.72. The second kappa shape index (κ2) is 5.29. The molecule has 1 aliphatic rings. The van der Waals surface area contributed by atoms with E-state index in [1.807, 2.05) is 0 Å². The van der Waals surface area contributed by atoms with Gasteiger partial charge in [-0.15, -0.1) is 0 Å². The van der Waals surface area contributed by atoms with Crippen molar-refractivity contribution >= 4 is 33.3 Å². The Kier molecular flexibility index (Phi) is 4.00. The van der Waals surface area contributed by atoms with Gasteiger partial charge in [0, 0.05) is 18.6 Å². The average Bonchev–Trinajstić information content (AvgIpc) is 2.72. The number of nitrogens with one attached hydrogen (secondary N) is 1. The van der Waals surface area contributed by atoms with Crippen molar-refractivity contribution in [2.24, 2.45) is 5.92 Å². The first-order valence-electron chi connectivity index (χ1n) is 5.25. The highest BCUT2D eigenvalue weighted by Crippen LogP contribution is 2.31. The lowest BCUT2D eigenvalue weighted by Gasteiger charge is -2.20. The average molecular weight is 307 g/mol. The maximum absolute atomic E-state index is 9.23. The third-order valence-corrected chi connectivity index (χ3v) is 4.23. The second-order valence-corrected chi connectivity index (χ2v) is 5.10. The summed E-state index contributed by atoms with van der Waals surface area (Å²) in [6.45, 7) is 0.216. The van der Waals surface area contributed by atoms with Gasteiger partial charge in [-0.2, -0.15) is 0 Å². The minimum atomic E-state index is 0.216. The Hall–Kier alpha value is -0.390. The van der Waals surface area contributed by atoms with Crippen molar-refractivity contribution in [3.63, 3.8) is 0 Å². The van der Waals surface area contributed by atoms with Crippen LogP contribution in [0.5, 0.6) is 0 Å². The molecule has 1 heterocycles. The van der Waals surface area contributed by atoms with E-state index in [-0.39, 0.29) is 12.6 Å². The molecule has 6 heteroatoms. The van der Waals surface area contributed by atoms with E-state index >= 15 is 0 Å². The molecular formula is C10H13BrClN3O. The molecule has 1 saturated carbocycles. The van der Waals surface area contributed by atoms with Crippen LogP contribution in [-0.4, -0.2) is 27.7 Å². The molecule has 16 heavy (non-hydrogen) atoms. The molecule has 0 bridgehead atoms. The van der Waals surface area contributed by atoms with Gasteiger partial charge in [-0.25, -0.2) is 9.97 Å². The fourth-order valence-electron chi connectivity index (χ4n) is 2.07. The number of aromatic nitrogens is 2. The SMILES string of the molecule is OCC1CCCC1Nc1ncnc(Cl)c1Br. The van der Waals surface area contributed by atoms with Gasteiger partial charge in [0.2, 0.25) is 0 Å². The van der Waals surface area contributed by atoms with Gasteiger partial charge in [0.15, 0.2) is 0 Å². The summed E-state index contributed by atoms with van der Waals surface area (Å²) in [4.78, 5) is 8.01. The van der Waals surface area contributed by atoms with Gasteiger partial charge in [-0.05, 0) is 28.8 Å². The van der Waals surface area contributed by atoms with E-state index in [9.17, 15) is 5.11 Å². The molecule has 2 atom stereocenters. The zero-order valence-corrected chi connectivity index (χ0v) is 11.0. The molecule has 1 aromatic heterocycles. The van der Waals surface area contributed by atoms with Crippen LogP contribution in [0.4, 0.5) is 5.82 Å². The van der Waals surface area contributed by atoms with Crippen LogP contribution in [0.1, 0.15) is 19.3 Å². The lowest BCUT2D eigenvalue weighted by molar-refractivity contribution is 0.222. The van der Waals surface area contributed by atoms with Gasteiger partial charge in [0.1, 0.15) is 17.3 Å². The molecule has 2 N–H and O–H groups in total. The number of halogens is 2. The minimum Gasteiger partial charge on any atom is -0.396 e. The van der Waals surface area contributed by atoms with E-state index in [1.54, 1.807) is 0 Å². The van der Waals surface area contributed by atoms with Crippen molar-refractivity contribution in [2.45, 2.75) is 25.3 Å². The Bertz CT molecular complexity index is 377. The Morgan fingerprint density at radius 2 is 2.31 bits per heavy atom. The van der Waals surface area contributed by atoms with Gasteiger partial charge in [0.05, 0.1) is 4.47 Å². The van der Waals surface area contributed by atoms with Crippen molar-refractivity contribution in [3.05, 3.63) is 16.0 Å². The van der Waals surface area contributed by atoms with Gasteiger partial charge < -0.3 is 10.4 Å². The summed E-state index contributed by atoms with van der Waals surface area (Å²) in [5.41, 5.74) is 0. The van der Waals surface area contributed by atoms with E-state index in [2.05, 4.69) is 31.2 Å². The Morgan fingerprint density at radius 3 is 3.06 bits per heavy atom. The molecule has 0 aliphatic heterocycles. The van der Waals surface area contributed by atoms with Gasteiger partial charge in [0.25, 0.3) is 0 Å². The number of hydrogen-bond donors (Lipinski definition) is 2. The first-order valence-corrected chi connectivity index (χ1v) is 6.43. The summed E-state index contributed by atoms with van der Waals surface area (Å²) in [6.07, 6.45) is 4.68. The number of nitrogens with zero attached hydrogens (tertiary/aromatic N) is 2. The Labute approximate surface area is 108 Å². The molecule has 4 nitrogen and oxygen atoms in total. The number of aliphatic hydroxyl groups excluding tert-OH is 1. The van der Waals surface area contributed by atoms with Gasteiger partial charge >= 0.3 is 0 Å². The monoisotopic (exact) mass is 305 g/mol. The molecule has 0 spiro atoms. The normalized spacial score (nSPS) is 24.7. The van der Waals surface area contributed by atoms with Crippen LogP contribution in [0, 0.1) is 5.92 Å². The molecule has 2 rings (SSSR count). The number of anilines is 1. The molecule has 0 saturated heterocycles. The van der Waals surface area contributed by atoms with E-state index in [0.717, 1.165) is 19.3 Å². The van der Waals surface area contributed by atoms with E-state index < -0.39 is 0 Å². The molecule has 88 valence electrons. The molecule has 1 aliphatic carbocycles. The fourth-order valence-corrected chi connectivity index (χ4v) is 2.52. The number of hydrogen-bond acceptors (Lipinski definition) is 4. The van der Waals surface area contributed by atoms with E-state index in [1.165, 1.54) is 6.33 Å². The molecule has 1 aromatic rings. The van der Waals surface area contributed by atoms with Crippen LogP contribution in [0.25, 0.3) is 0 Å². The summed E-state index contributed by atoms with van der Waals surface area (Å²) in [7, 11) is 0. The first kappa shape index (κ1) is 12.1. The van der Waals surface area contributed by atoms with Crippen molar-refractivity contribution in [1.82, 2.24) is 9.97 Å². The number of aliphatic hydroxyl groups is 1. The van der Waals surface area contributed by atoms with Crippen LogP contribution >= 0.6 is 27.5 Å². The lowest BCUT2D eigenvalue weighted by atomic mass is 10.1. The second-order valence-electron chi connectivity index (χ2n) is 3.95. The largest absolute Gasteiger partial charge is 0.396 e. The predicted molar refractivity (Wildman–Crippen MR) is 66.6 cm³/mol. The summed E-state index contributed by atoms with van der Waals surface area (Å²) in [5, 5.41) is 12.9. The Morgan fingerprint density at radius 1 is 1.50 bits per heavy atom. The molecule has 0 amide bonds. The van der Waals surface area contributed by atoms with Crippen molar-refractivity contribution in [3.8, 4) is 0 Å². The molecule has 1 fully saturated rings.